The first-order valence-electron chi connectivity index (χ1n) is 6.07. The number of aliphatic hydroxyl groups is 1. The number of rotatable bonds is 9. The molecule has 0 aliphatic heterocycles. The quantitative estimate of drug-likeness (QED) is 0.226. The summed E-state index contributed by atoms with van der Waals surface area (Å²) in [5.74, 6) is -3.43. The molecule has 6 N–H and O–H groups in total. The van der Waals surface area contributed by atoms with Crippen molar-refractivity contribution in [1.82, 2.24) is 10.6 Å². The Bertz CT molecular complexity index is 399. The maximum absolute atomic E-state index is 11.6. The van der Waals surface area contributed by atoms with E-state index >= 15 is 0 Å². The van der Waals surface area contributed by atoms with Gasteiger partial charge in [0.15, 0.2) is 6.79 Å². The van der Waals surface area contributed by atoms with Gasteiger partial charge in [-0.05, 0) is 6.42 Å². The minimum absolute atomic E-state index is 0.230. The number of nitrogens with two attached hydrogens (primary N) is 1. The van der Waals surface area contributed by atoms with Crippen molar-refractivity contribution in [3.8, 4) is 0 Å². The molecule has 21 heavy (non-hydrogen) atoms. The molecule has 0 spiro atoms. The van der Waals surface area contributed by atoms with Gasteiger partial charge in [0, 0.05) is 13.5 Å². The van der Waals surface area contributed by atoms with Gasteiger partial charge in [0.05, 0.1) is 12.5 Å². The summed E-state index contributed by atoms with van der Waals surface area (Å²) in [4.78, 5) is 44.7. The monoisotopic (exact) mass is 305 g/mol. The van der Waals surface area contributed by atoms with Crippen LogP contribution in [0.3, 0.4) is 0 Å². The Labute approximate surface area is 120 Å². The summed E-state index contributed by atoms with van der Waals surface area (Å²) in [7, 11) is 1.37. The molecule has 0 rings (SSSR count). The molecule has 0 bridgehead atoms. The van der Waals surface area contributed by atoms with Gasteiger partial charge in [0.25, 0.3) is 0 Å². The van der Waals surface area contributed by atoms with Crippen LogP contribution in [0.15, 0.2) is 0 Å². The van der Waals surface area contributed by atoms with Crippen LogP contribution in [0.1, 0.15) is 19.3 Å². The van der Waals surface area contributed by atoms with Crippen LogP contribution in [-0.2, 0) is 23.9 Å². The number of carbonyl (C=O) groups is 4. The highest BCUT2D eigenvalue weighted by Crippen LogP contribution is 2.01. The van der Waals surface area contributed by atoms with Gasteiger partial charge in [-0.15, -0.1) is 0 Å². The SMILES string of the molecule is CNC(=O)CC(N)C(=O)NC(CCC(=O)OCO)C(=O)O. The molecule has 0 saturated carbocycles. The fourth-order valence-corrected chi connectivity index (χ4v) is 1.34. The second-order valence-corrected chi connectivity index (χ2v) is 4.07. The van der Waals surface area contributed by atoms with Crippen LogP contribution in [0.4, 0.5) is 0 Å². The van der Waals surface area contributed by atoms with Crippen molar-refractivity contribution >= 4 is 23.8 Å². The molecule has 0 aromatic rings. The van der Waals surface area contributed by atoms with E-state index in [1.54, 1.807) is 0 Å². The van der Waals surface area contributed by atoms with E-state index < -0.39 is 42.6 Å². The fourth-order valence-electron chi connectivity index (χ4n) is 1.34. The highest BCUT2D eigenvalue weighted by atomic mass is 16.6. The van der Waals surface area contributed by atoms with E-state index in [1.165, 1.54) is 7.05 Å². The predicted octanol–water partition coefficient (Wildman–Crippen LogP) is -2.71. The van der Waals surface area contributed by atoms with E-state index in [1.807, 2.05) is 0 Å². The van der Waals surface area contributed by atoms with E-state index in [0.29, 0.717) is 0 Å². The molecule has 0 aromatic carbocycles. The zero-order chi connectivity index (χ0) is 16.4. The first-order chi connectivity index (χ1) is 9.81. The van der Waals surface area contributed by atoms with E-state index in [2.05, 4.69) is 15.4 Å². The number of hydrogen-bond donors (Lipinski definition) is 5. The largest absolute Gasteiger partial charge is 0.480 e. The molecule has 2 atom stereocenters. The van der Waals surface area contributed by atoms with Crippen LogP contribution in [-0.4, -0.2) is 59.9 Å². The van der Waals surface area contributed by atoms with Crippen LogP contribution in [0.25, 0.3) is 0 Å². The van der Waals surface area contributed by atoms with E-state index in [0.717, 1.165) is 0 Å². The Morgan fingerprint density at radius 3 is 2.38 bits per heavy atom. The predicted molar refractivity (Wildman–Crippen MR) is 68.6 cm³/mol. The van der Waals surface area contributed by atoms with Gasteiger partial charge in [-0.1, -0.05) is 0 Å². The summed E-state index contributed by atoms with van der Waals surface area (Å²) in [6.45, 7) is -0.806. The van der Waals surface area contributed by atoms with Gasteiger partial charge < -0.3 is 31.3 Å². The third kappa shape index (κ3) is 7.84. The fraction of sp³-hybridized carbons (Fsp3) is 0.636. The lowest BCUT2D eigenvalue weighted by molar-refractivity contribution is -0.152. The van der Waals surface area contributed by atoms with E-state index in [9.17, 15) is 19.2 Å². The molecular formula is C11H19N3O7. The number of aliphatic carboxylic acids is 1. The molecule has 0 saturated heterocycles. The van der Waals surface area contributed by atoms with Gasteiger partial charge in [0.2, 0.25) is 11.8 Å². The molecule has 0 aromatic heterocycles. The van der Waals surface area contributed by atoms with E-state index in [-0.39, 0.29) is 19.3 Å². The van der Waals surface area contributed by atoms with Crippen molar-refractivity contribution < 1.29 is 34.1 Å². The smallest absolute Gasteiger partial charge is 0.326 e. The number of aliphatic hydroxyl groups excluding tert-OH is 1. The van der Waals surface area contributed by atoms with E-state index in [4.69, 9.17) is 15.9 Å². The van der Waals surface area contributed by atoms with Gasteiger partial charge in [-0.3, -0.25) is 14.4 Å². The number of amides is 2. The summed E-state index contributed by atoms with van der Waals surface area (Å²) >= 11 is 0. The van der Waals surface area contributed by atoms with Crippen LogP contribution >= 0.6 is 0 Å². The normalized spacial score (nSPS) is 12.9. The molecule has 120 valence electrons. The van der Waals surface area contributed by atoms with Crippen LogP contribution in [0, 0.1) is 0 Å². The molecule has 2 unspecified atom stereocenters. The van der Waals surface area contributed by atoms with Crippen molar-refractivity contribution in [2.24, 2.45) is 5.73 Å². The molecular weight excluding hydrogens is 286 g/mol. The van der Waals surface area contributed by atoms with Gasteiger partial charge >= 0.3 is 11.9 Å². The summed E-state index contributed by atoms with van der Waals surface area (Å²) in [6, 6.07) is -2.55. The number of carboxylic acids is 1. The van der Waals surface area contributed by atoms with Crippen molar-refractivity contribution in [3.05, 3.63) is 0 Å². The molecule has 0 aliphatic carbocycles. The highest BCUT2D eigenvalue weighted by molar-refractivity contribution is 5.90. The van der Waals surface area contributed by atoms with Crippen molar-refractivity contribution in [2.45, 2.75) is 31.3 Å². The molecule has 0 aliphatic rings. The maximum Gasteiger partial charge on any atom is 0.326 e. The number of esters is 1. The van der Waals surface area contributed by atoms with Crippen molar-refractivity contribution in [2.75, 3.05) is 13.8 Å². The molecule has 0 fully saturated rings. The van der Waals surface area contributed by atoms with Crippen LogP contribution in [0.5, 0.6) is 0 Å². The molecule has 0 heterocycles. The third-order valence-electron chi connectivity index (χ3n) is 2.50. The Hall–Kier alpha value is -2.20. The summed E-state index contributed by atoms with van der Waals surface area (Å²) in [6.07, 6.45) is -0.823. The molecule has 10 nitrogen and oxygen atoms in total. The number of hydrogen-bond acceptors (Lipinski definition) is 7. The maximum atomic E-state index is 11.6. The lowest BCUT2D eigenvalue weighted by Gasteiger charge is -2.17. The van der Waals surface area contributed by atoms with Gasteiger partial charge in [-0.2, -0.15) is 0 Å². The summed E-state index contributed by atoms with van der Waals surface area (Å²) in [5.41, 5.74) is 5.46. The first-order valence-corrected chi connectivity index (χ1v) is 6.07. The summed E-state index contributed by atoms with van der Waals surface area (Å²) < 4.78 is 4.22. The van der Waals surface area contributed by atoms with Crippen LogP contribution in [0.2, 0.25) is 0 Å². The van der Waals surface area contributed by atoms with Crippen molar-refractivity contribution in [3.63, 3.8) is 0 Å². The Kier molecular flexibility index (Phi) is 8.65. The lowest BCUT2D eigenvalue weighted by atomic mass is 10.1. The second-order valence-electron chi connectivity index (χ2n) is 4.07. The number of carboxylic acid groups (broad SMARTS) is 1. The van der Waals surface area contributed by atoms with Crippen molar-refractivity contribution in [1.29, 1.82) is 0 Å². The minimum atomic E-state index is -1.35. The first kappa shape index (κ1) is 18.8. The lowest BCUT2D eigenvalue weighted by Crippen LogP contribution is -2.49. The highest BCUT2D eigenvalue weighted by Gasteiger charge is 2.25. The standard InChI is InChI=1S/C11H19N3O7/c1-13-8(16)4-6(12)10(18)14-7(11(19)20)2-3-9(17)21-5-15/h6-7,15H,2-5,12H2,1H3,(H,13,16)(H,14,18)(H,19,20). The molecule has 10 heteroatoms. The number of nitrogens with one attached hydrogen (secondary N) is 2. The molecule has 2 amide bonds. The Balaban J connectivity index is 4.42. The summed E-state index contributed by atoms with van der Waals surface area (Å²) in [5, 5.41) is 21.7. The second kappa shape index (κ2) is 9.66. The van der Waals surface area contributed by atoms with Gasteiger partial charge in [-0.25, -0.2) is 4.79 Å². The Morgan fingerprint density at radius 2 is 1.90 bits per heavy atom. The van der Waals surface area contributed by atoms with Crippen LogP contribution < -0.4 is 16.4 Å². The minimum Gasteiger partial charge on any atom is -0.480 e. The third-order valence-corrected chi connectivity index (χ3v) is 2.50. The Morgan fingerprint density at radius 1 is 1.29 bits per heavy atom. The number of carbonyl (C=O) groups excluding carboxylic acids is 3. The average molecular weight is 305 g/mol. The molecule has 0 radical (unpaired) electrons. The van der Waals surface area contributed by atoms with Gasteiger partial charge in [0.1, 0.15) is 6.04 Å². The number of ether oxygens (including phenoxy) is 1. The average Bonchev–Trinajstić information content (AvgIpc) is 2.42. The zero-order valence-electron chi connectivity index (χ0n) is 11.5. The topological polar surface area (TPSA) is 168 Å². The zero-order valence-corrected chi connectivity index (χ0v) is 11.5.